The van der Waals surface area contributed by atoms with Gasteiger partial charge in [-0.1, -0.05) is 23.2 Å². The minimum absolute atomic E-state index is 0. The molecule has 90 valence electrons. The Hall–Kier alpha value is -0.680. The number of carbonyl (C=O) groups is 1. The monoisotopic (exact) mass is 285 g/mol. The number of hydrogen-bond donors (Lipinski definition) is 2. The van der Waals surface area contributed by atoms with Crippen LogP contribution in [0.5, 0.6) is 5.75 Å². The molecule has 1 aromatic carbocycles. The van der Waals surface area contributed by atoms with E-state index in [1.54, 1.807) is 0 Å². The number of methoxy groups -OCH3 is 1. The molecule has 0 radical (unpaired) electrons. The summed E-state index contributed by atoms with van der Waals surface area (Å²) in [6.45, 7) is 0. The number of halogens is 3. The Labute approximate surface area is 109 Å². The first-order valence-corrected chi connectivity index (χ1v) is 4.74. The Morgan fingerprint density at radius 1 is 1.50 bits per heavy atom. The third kappa shape index (κ3) is 3.15. The molecule has 1 rings (SSSR count). The highest BCUT2D eigenvalue weighted by Gasteiger charge is 2.21. The van der Waals surface area contributed by atoms with Crippen LogP contribution in [0.3, 0.4) is 0 Å². The fourth-order valence-corrected chi connectivity index (χ4v) is 1.59. The second-order valence-corrected chi connectivity index (χ2v) is 3.67. The largest absolute Gasteiger partial charge is 0.506 e. The van der Waals surface area contributed by atoms with Gasteiger partial charge < -0.3 is 15.6 Å². The Morgan fingerprint density at radius 3 is 2.56 bits per heavy atom. The van der Waals surface area contributed by atoms with Crippen LogP contribution in [0.4, 0.5) is 0 Å². The summed E-state index contributed by atoms with van der Waals surface area (Å²) in [5.41, 5.74) is 5.67. The van der Waals surface area contributed by atoms with E-state index < -0.39 is 12.0 Å². The highest BCUT2D eigenvalue weighted by Crippen LogP contribution is 2.34. The molecule has 0 aliphatic rings. The molecule has 0 aromatic heterocycles. The van der Waals surface area contributed by atoms with E-state index in [9.17, 15) is 9.90 Å². The summed E-state index contributed by atoms with van der Waals surface area (Å²) >= 11 is 11.4. The number of benzene rings is 1. The normalized spacial score (nSPS) is 11.5. The van der Waals surface area contributed by atoms with Crippen LogP contribution in [0.2, 0.25) is 10.0 Å². The predicted octanol–water partition coefficient (Wildman–Crippen LogP) is 2.29. The number of esters is 1. The Kier molecular flexibility index (Phi) is 5.89. The third-order valence-electron chi connectivity index (χ3n) is 1.85. The van der Waals surface area contributed by atoms with Crippen LogP contribution in [0.1, 0.15) is 11.6 Å². The zero-order valence-electron chi connectivity index (χ0n) is 8.24. The first-order valence-electron chi connectivity index (χ1n) is 3.98. The summed E-state index contributed by atoms with van der Waals surface area (Å²) in [4.78, 5) is 11.1. The van der Waals surface area contributed by atoms with Gasteiger partial charge in [-0.15, -0.1) is 12.4 Å². The highest BCUT2D eigenvalue weighted by molar-refractivity contribution is 6.35. The molecular formula is C9H10Cl3NO3. The molecule has 4 nitrogen and oxygen atoms in total. The second-order valence-electron chi connectivity index (χ2n) is 2.83. The van der Waals surface area contributed by atoms with Crippen molar-refractivity contribution in [1.82, 2.24) is 0 Å². The number of rotatable bonds is 2. The molecule has 0 spiro atoms. The summed E-state index contributed by atoms with van der Waals surface area (Å²) in [5.74, 6) is -0.942. The van der Waals surface area contributed by atoms with E-state index in [-0.39, 0.29) is 33.8 Å². The van der Waals surface area contributed by atoms with Gasteiger partial charge in [-0.3, -0.25) is 4.79 Å². The van der Waals surface area contributed by atoms with Crippen molar-refractivity contribution in [2.75, 3.05) is 7.11 Å². The van der Waals surface area contributed by atoms with E-state index >= 15 is 0 Å². The smallest absolute Gasteiger partial charge is 0.327 e. The van der Waals surface area contributed by atoms with Gasteiger partial charge in [0, 0.05) is 10.6 Å². The molecule has 0 aliphatic heterocycles. The summed E-state index contributed by atoms with van der Waals surface area (Å²) < 4.78 is 4.44. The van der Waals surface area contributed by atoms with Crippen molar-refractivity contribution in [3.05, 3.63) is 27.7 Å². The molecule has 0 saturated heterocycles. The molecule has 1 atom stereocenters. The molecule has 0 bridgehead atoms. The van der Waals surface area contributed by atoms with Gasteiger partial charge in [0.25, 0.3) is 0 Å². The molecule has 0 amide bonds. The molecule has 7 heteroatoms. The third-order valence-corrected chi connectivity index (χ3v) is 2.35. The van der Waals surface area contributed by atoms with E-state index in [0.29, 0.717) is 0 Å². The lowest BCUT2D eigenvalue weighted by Gasteiger charge is -2.12. The molecule has 1 aromatic rings. The molecule has 3 N–H and O–H groups in total. The summed E-state index contributed by atoms with van der Waals surface area (Å²) in [6.07, 6.45) is 0. The second kappa shape index (κ2) is 6.15. The van der Waals surface area contributed by atoms with Gasteiger partial charge in [0.1, 0.15) is 11.8 Å². The molecule has 0 unspecified atom stereocenters. The topological polar surface area (TPSA) is 72.5 Å². The van der Waals surface area contributed by atoms with E-state index in [1.165, 1.54) is 19.2 Å². The van der Waals surface area contributed by atoms with Crippen LogP contribution < -0.4 is 5.73 Å². The van der Waals surface area contributed by atoms with Crippen molar-refractivity contribution < 1.29 is 14.6 Å². The van der Waals surface area contributed by atoms with Gasteiger partial charge in [0.2, 0.25) is 0 Å². The molecule has 0 saturated carbocycles. The van der Waals surface area contributed by atoms with Crippen molar-refractivity contribution in [2.45, 2.75) is 6.04 Å². The van der Waals surface area contributed by atoms with Crippen LogP contribution in [0.25, 0.3) is 0 Å². The zero-order valence-corrected chi connectivity index (χ0v) is 10.6. The number of carbonyl (C=O) groups excluding carboxylic acids is 1. The number of nitrogens with two attached hydrogens (primary N) is 1. The summed E-state index contributed by atoms with van der Waals surface area (Å²) in [5, 5.41) is 9.88. The van der Waals surface area contributed by atoms with Crippen LogP contribution in [-0.4, -0.2) is 18.2 Å². The van der Waals surface area contributed by atoms with Crippen molar-refractivity contribution in [1.29, 1.82) is 0 Å². The lowest BCUT2D eigenvalue weighted by atomic mass is 10.1. The number of phenols is 1. The molecule has 16 heavy (non-hydrogen) atoms. The average Bonchev–Trinajstić information content (AvgIpc) is 2.21. The van der Waals surface area contributed by atoms with E-state index in [4.69, 9.17) is 28.9 Å². The van der Waals surface area contributed by atoms with Gasteiger partial charge in [-0.2, -0.15) is 0 Å². The summed E-state index contributed by atoms with van der Waals surface area (Å²) in [7, 11) is 1.20. The zero-order chi connectivity index (χ0) is 11.6. The Morgan fingerprint density at radius 2 is 2.06 bits per heavy atom. The molecule has 0 aliphatic carbocycles. The SMILES string of the molecule is COC(=O)[C@H](N)c1cc(Cl)cc(Cl)c1O.Cl. The Balaban J connectivity index is 0.00000225. The van der Waals surface area contributed by atoms with Crippen molar-refractivity contribution in [3.8, 4) is 5.75 Å². The van der Waals surface area contributed by atoms with Gasteiger partial charge in [0.05, 0.1) is 12.1 Å². The minimum Gasteiger partial charge on any atom is -0.506 e. The maximum absolute atomic E-state index is 11.1. The van der Waals surface area contributed by atoms with Crippen LogP contribution in [0.15, 0.2) is 12.1 Å². The number of ether oxygens (including phenoxy) is 1. The maximum Gasteiger partial charge on any atom is 0.327 e. The summed E-state index contributed by atoms with van der Waals surface area (Å²) in [6, 6.07) is 1.61. The van der Waals surface area contributed by atoms with E-state index in [2.05, 4.69) is 4.74 Å². The standard InChI is InChI=1S/C9H9Cl2NO3.ClH/c1-15-9(14)7(12)5-2-4(10)3-6(11)8(5)13;/h2-3,7,13H,12H2,1H3;1H/t7-;/m1./s1. The quantitative estimate of drug-likeness (QED) is 0.818. The lowest BCUT2D eigenvalue weighted by Crippen LogP contribution is -2.22. The number of aromatic hydroxyl groups is 1. The van der Waals surface area contributed by atoms with Gasteiger partial charge in [-0.25, -0.2) is 0 Å². The van der Waals surface area contributed by atoms with E-state index in [1.807, 2.05) is 0 Å². The predicted molar refractivity (Wildman–Crippen MR) is 64.3 cm³/mol. The molecule has 0 fully saturated rings. The molecule has 0 heterocycles. The van der Waals surface area contributed by atoms with Gasteiger partial charge in [-0.05, 0) is 12.1 Å². The minimum atomic E-state index is -1.11. The van der Waals surface area contributed by atoms with Crippen molar-refractivity contribution >= 4 is 41.6 Å². The fraction of sp³-hybridized carbons (Fsp3) is 0.222. The first kappa shape index (κ1) is 15.3. The molecular weight excluding hydrogens is 276 g/mol. The van der Waals surface area contributed by atoms with Crippen molar-refractivity contribution in [2.24, 2.45) is 5.73 Å². The number of phenolic OH excluding ortho intramolecular Hbond substituents is 1. The fourth-order valence-electron chi connectivity index (χ4n) is 1.08. The average molecular weight is 287 g/mol. The lowest BCUT2D eigenvalue weighted by molar-refractivity contribution is -0.142. The highest BCUT2D eigenvalue weighted by atomic mass is 35.5. The van der Waals surface area contributed by atoms with Crippen LogP contribution in [-0.2, 0) is 9.53 Å². The van der Waals surface area contributed by atoms with Crippen LogP contribution >= 0.6 is 35.6 Å². The van der Waals surface area contributed by atoms with Gasteiger partial charge in [0.15, 0.2) is 0 Å². The maximum atomic E-state index is 11.1. The van der Waals surface area contributed by atoms with Crippen molar-refractivity contribution in [3.63, 3.8) is 0 Å². The Bertz CT molecular complexity index is 398. The first-order chi connectivity index (χ1) is 6.97. The van der Waals surface area contributed by atoms with E-state index in [0.717, 1.165) is 0 Å². The number of hydrogen-bond acceptors (Lipinski definition) is 4. The van der Waals surface area contributed by atoms with Gasteiger partial charge >= 0.3 is 5.97 Å². The van der Waals surface area contributed by atoms with Crippen LogP contribution in [0, 0.1) is 0 Å².